The molecule has 2 unspecified atom stereocenters. The molecule has 2 atom stereocenters. The highest BCUT2D eigenvalue weighted by Gasteiger charge is 2.26. The van der Waals surface area contributed by atoms with E-state index in [0.29, 0.717) is 60.8 Å². The van der Waals surface area contributed by atoms with Gasteiger partial charge < -0.3 is 34.9 Å². The molecule has 2 aliphatic heterocycles. The van der Waals surface area contributed by atoms with Crippen LogP contribution in [0.3, 0.4) is 0 Å². The zero-order chi connectivity index (χ0) is 31.1. The number of benzene rings is 1. The smallest absolute Gasteiger partial charge is 0.332 e. The molecule has 2 aromatic heterocycles. The number of methoxy groups -OCH3 is 1. The van der Waals surface area contributed by atoms with Crippen LogP contribution in [0, 0.1) is 11.3 Å². The molecule has 3 aromatic rings. The Balaban J connectivity index is 1.24. The quantitative estimate of drug-likeness (QED) is 0.294. The molecule has 2 fully saturated rings. The number of piperazine rings is 1. The van der Waals surface area contributed by atoms with Crippen LogP contribution >= 0.6 is 0 Å². The van der Waals surface area contributed by atoms with E-state index < -0.39 is 12.1 Å². The van der Waals surface area contributed by atoms with Crippen molar-refractivity contribution >= 4 is 23.4 Å². The van der Waals surface area contributed by atoms with E-state index in [2.05, 4.69) is 41.5 Å². The largest absolute Gasteiger partial charge is 0.489 e. The Hall–Kier alpha value is -4.51. The number of carboxylic acid groups (broad SMARTS) is 1. The van der Waals surface area contributed by atoms with Crippen LogP contribution in [0.2, 0.25) is 0 Å². The zero-order valence-corrected chi connectivity index (χ0v) is 25.2. The fourth-order valence-electron chi connectivity index (χ4n) is 5.33. The first-order valence-corrected chi connectivity index (χ1v) is 14.8. The Morgan fingerprint density at radius 3 is 2.59 bits per heavy atom. The summed E-state index contributed by atoms with van der Waals surface area (Å²) in [5, 5.41) is 25.4. The zero-order valence-electron chi connectivity index (χ0n) is 25.2. The summed E-state index contributed by atoms with van der Waals surface area (Å²) in [7, 11) is 1.58. The number of rotatable bonds is 11. The van der Waals surface area contributed by atoms with E-state index in [1.165, 1.54) is 6.92 Å². The lowest BCUT2D eigenvalue weighted by Crippen LogP contribution is -2.51. The molecule has 1 aromatic carbocycles. The van der Waals surface area contributed by atoms with Crippen molar-refractivity contribution in [3.63, 3.8) is 0 Å². The normalized spacial score (nSPS) is 17.4. The number of piperidine rings is 1. The van der Waals surface area contributed by atoms with E-state index in [1.54, 1.807) is 25.4 Å². The Morgan fingerprint density at radius 1 is 1.11 bits per heavy atom. The molecule has 0 spiro atoms. The van der Waals surface area contributed by atoms with E-state index in [0.717, 1.165) is 37.2 Å². The highest BCUT2D eigenvalue weighted by molar-refractivity contribution is 5.71. The van der Waals surface area contributed by atoms with E-state index in [-0.39, 0.29) is 12.3 Å². The average Bonchev–Trinajstić information content (AvgIpc) is 3.05. The predicted octanol–water partition coefficient (Wildman–Crippen LogP) is 3.25. The maximum atomic E-state index is 11.1. The van der Waals surface area contributed by atoms with Gasteiger partial charge >= 0.3 is 5.97 Å². The van der Waals surface area contributed by atoms with Gasteiger partial charge in [0.1, 0.15) is 35.7 Å². The Kier molecular flexibility index (Phi) is 10.1. The number of nitriles is 1. The molecule has 13 nitrogen and oxygen atoms in total. The number of carbonyl (C=O) groups is 1. The second-order valence-corrected chi connectivity index (χ2v) is 10.7. The highest BCUT2D eigenvalue weighted by Crippen LogP contribution is 2.31. The Bertz CT molecular complexity index is 1480. The number of carboxylic acids is 1. The monoisotopic (exact) mass is 602 g/mol. The van der Waals surface area contributed by atoms with Crippen molar-refractivity contribution in [1.29, 1.82) is 5.26 Å². The molecule has 0 aliphatic carbocycles. The van der Waals surface area contributed by atoms with Crippen LogP contribution < -0.4 is 25.0 Å². The van der Waals surface area contributed by atoms with Gasteiger partial charge in [0, 0.05) is 37.9 Å². The van der Waals surface area contributed by atoms with E-state index in [4.69, 9.17) is 19.3 Å². The van der Waals surface area contributed by atoms with E-state index in [9.17, 15) is 10.1 Å². The van der Waals surface area contributed by atoms with Gasteiger partial charge in [-0.1, -0.05) is 0 Å². The summed E-state index contributed by atoms with van der Waals surface area (Å²) >= 11 is 0. The first-order valence-electron chi connectivity index (χ1n) is 14.8. The van der Waals surface area contributed by atoms with E-state index >= 15 is 0 Å². The molecule has 0 bridgehead atoms. The Labute approximate surface area is 256 Å². The molecular formula is C31H38N8O5. The molecule has 2 saturated heterocycles. The van der Waals surface area contributed by atoms with Gasteiger partial charge in [0.25, 0.3) is 0 Å². The fraction of sp³-hybridized carbons (Fsp3) is 0.452. The predicted molar refractivity (Wildman–Crippen MR) is 164 cm³/mol. The van der Waals surface area contributed by atoms with Crippen molar-refractivity contribution in [2.45, 2.75) is 45.1 Å². The minimum absolute atomic E-state index is 0.0993. The van der Waals surface area contributed by atoms with Crippen molar-refractivity contribution in [2.75, 3.05) is 56.6 Å². The first kappa shape index (κ1) is 30.9. The molecule has 0 amide bonds. The maximum Gasteiger partial charge on any atom is 0.332 e. The minimum Gasteiger partial charge on any atom is -0.489 e. The SMILES string of the molecule is COc1nc(Nc2nccc(-c3ccc(OC4CCNCC4)c(C#N)c3)n2)ccc1N1CCN(C(C)OC(C)C(=O)O)CC1. The molecule has 0 saturated carbocycles. The lowest BCUT2D eigenvalue weighted by atomic mass is 10.1. The Morgan fingerprint density at radius 2 is 1.89 bits per heavy atom. The molecule has 5 rings (SSSR count). The first-order chi connectivity index (χ1) is 21.3. The van der Waals surface area contributed by atoms with Gasteiger partial charge in [0.05, 0.1) is 18.4 Å². The van der Waals surface area contributed by atoms with Gasteiger partial charge in [-0.3, -0.25) is 4.90 Å². The average molecular weight is 603 g/mol. The van der Waals surface area contributed by atoms with Gasteiger partial charge in [0.15, 0.2) is 6.10 Å². The molecule has 3 N–H and O–H groups in total. The van der Waals surface area contributed by atoms with Gasteiger partial charge in [-0.25, -0.2) is 14.8 Å². The van der Waals surface area contributed by atoms with E-state index in [1.807, 2.05) is 31.2 Å². The number of nitrogens with zero attached hydrogens (tertiary/aromatic N) is 6. The number of aromatic nitrogens is 3. The summed E-state index contributed by atoms with van der Waals surface area (Å²) in [5.74, 6) is 0.957. The lowest BCUT2D eigenvalue weighted by Gasteiger charge is -2.39. The third kappa shape index (κ3) is 7.52. The topological polar surface area (TPSA) is 158 Å². The minimum atomic E-state index is -0.975. The van der Waals surface area contributed by atoms with Crippen molar-refractivity contribution in [1.82, 2.24) is 25.2 Å². The molecule has 44 heavy (non-hydrogen) atoms. The van der Waals surface area contributed by atoms with Gasteiger partial charge in [-0.2, -0.15) is 10.2 Å². The number of ether oxygens (including phenoxy) is 3. The second-order valence-electron chi connectivity index (χ2n) is 10.7. The fourth-order valence-corrected chi connectivity index (χ4v) is 5.33. The van der Waals surface area contributed by atoms with Gasteiger partial charge in [0.2, 0.25) is 11.8 Å². The van der Waals surface area contributed by atoms with Crippen molar-refractivity contribution in [3.05, 3.63) is 48.2 Å². The summed E-state index contributed by atoms with van der Waals surface area (Å²) in [4.78, 5) is 29.1. The summed E-state index contributed by atoms with van der Waals surface area (Å²) in [6.07, 6.45) is 2.41. The van der Waals surface area contributed by atoms with Crippen molar-refractivity contribution in [2.24, 2.45) is 0 Å². The number of hydrogen-bond acceptors (Lipinski definition) is 12. The van der Waals surface area contributed by atoms with Crippen LogP contribution in [0.4, 0.5) is 17.5 Å². The summed E-state index contributed by atoms with van der Waals surface area (Å²) in [6, 6.07) is 13.4. The molecule has 4 heterocycles. The number of hydrogen-bond donors (Lipinski definition) is 3. The van der Waals surface area contributed by atoms with Crippen LogP contribution in [0.5, 0.6) is 11.6 Å². The van der Waals surface area contributed by atoms with Crippen molar-refractivity contribution < 1.29 is 24.1 Å². The van der Waals surface area contributed by atoms with Crippen LogP contribution in [-0.2, 0) is 9.53 Å². The highest BCUT2D eigenvalue weighted by atomic mass is 16.5. The van der Waals surface area contributed by atoms with Crippen LogP contribution in [0.15, 0.2) is 42.6 Å². The van der Waals surface area contributed by atoms with Crippen LogP contribution in [0.1, 0.15) is 32.3 Å². The summed E-state index contributed by atoms with van der Waals surface area (Å²) in [6.45, 7) is 8.05. The van der Waals surface area contributed by atoms with Crippen LogP contribution in [-0.4, -0.2) is 95.7 Å². The summed E-state index contributed by atoms with van der Waals surface area (Å²) < 4.78 is 17.4. The molecular weight excluding hydrogens is 564 g/mol. The third-order valence-electron chi connectivity index (χ3n) is 7.82. The van der Waals surface area contributed by atoms with Gasteiger partial charge in [-0.05, 0) is 76.2 Å². The molecule has 232 valence electrons. The molecule has 2 aliphatic rings. The van der Waals surface area contributed by atoms with Gasteiger partial charge in [-0.15, -0.1) is 0 Å². The second kappa shape index (κ2) is 14.3. The molecule has 13 heteroatoms. The van der Waals surface area contributed by atoms with Crippen molar-refractivity contribution in [3.8, 4) is 29.0 Å². The number of nitrogens with one attached hydrogen (secondary N) is 2. The van der Waals surface area contributed by atoms with Crippen LogP contribution in [0.25, 0.3) is 11.3 Å². The maximum absolute atomic E-state index is 11.1. The third-order valence-corrected chi connectivity index (χ3v) is 7.82. The number of anilines is 3. The lowest BCUT2D eigenvalue weighted by molar-refractivity contribution is -0.160. The number of pyridine rings is 1. The summed E-state index contributed by atoms with van der Waals surface area (Å²) in [5.41, 5.74) is 2.76. The number of aliphatic carboxylic acids is 1. The standard InChI is InChI=1S/C31H38N8O5/c1-20(30(40)41)43-21(2)38-14-16-39(17-15-38)26-5-7-28(36-29(26)42-3)37-31-34-13-10-25(35-31)22-4-6-27(23(18-22)19-32)44-24-8-11-33-12-9-24/h4-7,10,13,18,20-21,24,33H,8-9,11-12,14-17H2,1-3H3,(H,40,41)(H,34,35,36,37). The molecule has 0 radical (unpaired) electrons.